The minimum atomic E-state index is -4.50. The van der Waals surface area contributed by atoms with E-state index in [1.54, 1.807) is 0 Å². The van der Waals surface area contributed by atoms with Gasteiger partial charge in [-0.2, -0.15) is 8.42 Å². The topological polar surface area (TPSA) is 136 Å². The average Bonchev–Trinajstić information content (AvgIpc) is 2.15. The first kappa shape index (κ1) is 13.3. The molecule has 0 aliphatic rings. The van der Waals surface area contributed by atoms with Crippen LogP contribution in [0.5, 0.6) is 0 Å². The molecule has 0 aromatic heterocycles. The summed E-state index contributed by atoms with van der Waals surface area (Å²) < 4.78 is 30.4. The minimum Gasteiger partial charge on any atom is -0.376 e. The van der Waals surface area contributed by atoms with Crippen molar-refractivity contribution in [1.29, 1.82) is 0 Å². The number of nitrogens with two attached hydrogens (primary N) is 1. The lowest BCUT2D eigenvalue weighted by molar-refractivity contribution is -0.384. The predicted molar refractivity (Wildman–Crippen MR) is 63.3 cm³/mol. The molecule has 0 heterocycles. The van der Waals surface area contributed by atoms with Crippen LogP contribution in [0.25, 0.3) is 0 Å². The average molecular weight is 277 g/mol. The van der Waals surface area contributed by atoms with Crippen molar-refractivity contribution < 1.29 is 17.9 Å². The van der Waals surface area contributed by atoms with E-state index in [2.05, 4.69) is 17.5 Å². The van der Waals surface area contributed by atoms with Gasteiger partial charge in [-0.1, -0.05) is 0 Å². The molecule has 1 aromatic carbocycles. The summed E-state index contributed by atoms with van der Waals surface area (Å²) in [5.74, 6) is 0. The van der Waals surface area contributed by atoms with Crippen molar-refractivity contribution in [2.75, 3.05) is 5.32 Å². The van der Waals surface area contributed by atoms with Crippen LogP contribution in [0.2, 0.25) is 0 Å². The zero-order chi connectivity index (χ0) is 13.2. The van der Waals surface area contributed by atoms with Crippen molar-refractivity contribution in [3.8, 4) is 0 Å². The van der Waals surface area contributed by atoms with Crippen LogP contribution in [-0.2, 0) is 10.1 Å². The van der Waals surface area contributed by atoms with E-state index in [0.29, 0.717) is 6.07 Å². The van der Waals surface area contributed by atoms with Gasteiger partial charge in [0.2, 0.25) is 0 Å². The van der Waals surface area contributed by atoms with Gasteiger partial charge in [-0.25, -0.2) is 0 Å². The Labute approximate surface area is 101 Å². The Bertz CT molecular complexity index is 583. The first-order chi connectivity index (χ1) is 7.71. The largest absolute Gasteiger partial charge is 0.376 e. The molecule has 0 saturated carbocycles. The molecule has 0 unspecified atom stereocenters. The third-order valence-corrected chi connectivity index (χ3v) is 2.67. The number of thiocarbonyl (C=S) groups is 1. The van der Waals surface area contributed by atoms with Crippen molar-refractivity contribution in [1.82, 2.24) is 0 Å². The lowest BCUT2D eigenvalue weighted by Gasteiger charge is -2.05. The Morgan fingerprint density at radius 3 is 2.53 bits per heavy atom. The van der Waals surface area contributed by atoms with E-state index in [1.807, 2.05) is 0 Å². The van der Waals surface area contributed by atoms with Crippen LogP contribution >= 0.6 is 12.2 Å². The van der Waals surface area contributed by atoms with Gasteiger partial charge in [0, 0.05) is 6.07 Å². The molecule has 0 bridgehead atoms. The summed E-state index contributed by atoms with van der Waals surface area (Å²) >= 11 is 4.51. The normalized spacial score (nSPS) is 10.9. The molecule has 0 saturated heterocycles. The number of anilines is 1. The van der Waals surface area contributed by atoms with Crippen molar-refractivity contribution in [3.05, 3.63) is 28.3 Å². The lowest BCUT2D eigenvalue weighted by atomic mass is 10.2. The van der Waals surface area contributed by atoms with E-state index in [9.17, 15) is 18.5 Å². The van der Waals surface area contributed by atoms with Gasteiger partial charge in [0.25, 0.3) is 15.8 Å². The van der Waals surface area contributed by atoms with E-state index in [-0.39, 0.29) is 10.8 Å². The van der Waals surface area contributed by atoms with Crippen LogP contribution in [0, 0.1) is 10.1 Å². The molecular formula is C7H7N3O5S2. The second-order valence-electron chi connectivity index (χ2n) is 2.90. The molecule has 8 nitrogen and oxygen atoms in total. The molecule has 10 heteroatoms. The first-order valence-corrected chi connectivity index (χ1v) is 5.89. The third-order valence-electron chi connectivity index (χ3n) is 1.72. The zero-order valence-electron chi connectivity index (χ0n) is 8.15. The van der Waals surface area contributed by atoms with Crippen LogP contribution < -0.4 is 11.1 Å². The molecule has 0 radical (unpaired) electrons. The highest BCUT2D eigenvalue weighted by atomic mass is 32.2. The number of hydrogen-bond acceptors (Lipinski definition) is 5. The van der Waals surface area contributed by atoms with Gasteiger partial charge in [0.1, 0.15) is 10.6 Å². The highest BCUT2D eigenvalue weighted by Crippen LogP contribution is 2.27. The van der Waals surface area contributed by atoms with E-state index in [0.717, 1.165) is 12.1 Å². The standard InChI is InChI=1S/C7H7N3O5S2/c8-7(16)9-5-2-1-4(17(13,14)15)3-6(5)10(11)12/h1-3H,(H3,8,9,16)(H,13,14,15). The molecular weight excluding hydrogens is 270 g/mol. The Balaban J connectivity index is 3.37. The molecule has 92 valence electrons. The van der Waals surface area contributed by atoms with Crippen LogP contribution in [0.4, 0.5) is 11.4 Å². The molecule has 4 N–H and O–H groups in total. The van der Waals surface area contributed by atoms with Gasteiger partial charge < -0.3 is 11.1 Å². The van der Waals surface area contributed by atoms with Crippen molar-refractivity contribution in [2.24, 2.45) is 5.73 Å². The Morgan fingerprint density at radius 2 is 2.12 bits per heavy atom. The number of nitro benzene ring substituents is 1. The molecule has 0 fully saturated rings. The number of nitro groups is 1. The second-order valence-corrected chi connectivity index (χ2v) is 4.76. The highest BCUT2D eigenvalue weighted by Gasteiger charge is 2.19. The van der Waals surface area contributed by atoms with Crippen LogP contribution in [0.3, 0.4) is 0 Å². The Kier molecular flexibility index (Phi) is 3.60. The fourth-order valence-corrected chi connectivity index (χ4v) is 1.67. The molecule has 17 heavy (non-hydrogen) atoms. The Hall–Kier alpha value is -1.78. The molecule has 0 aliphatic heterocycles. The summed E-state index contributed by atoms with van der Waals surface area (Å²) in [5, 5.41) is 12.8. The van der Waals surface area contributed by atoms with Gasteiger partial charge in [0.05, 0.1) is 4.92 Å². The van der Waals surface area contributed by atoms with Crippen LogP contribution in [0.1, 0.15) is 0 Å². The number of nitrogens with zero attached hydrogens (tertiary/aromatic N) is 1. The minimum absolute atomic E-state index is 0.0603. The van der Waals surface area contributed by atoms with Crippen LogP contribution in [-0.4, -0.2) is 23.0 Å². The molecule has 0 spiro atoms. The number of rotatable bonds is 3. The van der Waals surface area contributed by atoms with Gasteiger partial charge in [-0.15, -0.1) is 0 Å². The second kappa shape index (κ2) is 4.61. The molecule has 0 amide bonds. The van der Waals surface area contributed by atoms with Crippen molar-refractivity contribution in [3.63, 3.8) is 0 Å². The Morgan fingerprint density at radius 1 is 1.53 bits per heavy atom. The number of hydrogen-bond donors (Lipinski definition) is 3. The summed E-state index contributed by atoms with van der Waals surface area (Å²) in [7, 11) is -4.50. The summed E-state index contributed by atoms with van der Waals surface area (Å²) in [4.78, 5) is 9.28. The monoisotopic (exact) mass is 277 g/mol. The SMILES string of the molecule is NC(=S)Nc1ccc(S(=O)(=O)O)cc1[N+](=O)[O-]. The van der Waals surface area contributed by atoms with Crippen molar-refractivity contribution >= 4 is 38.8 Å². The van der Waals surface area contributed by atoms with Crippen molar-refractivity contribution in [2.45, 2.75) is 4.90 Å². The summed E-state index contributed by atoms with van der Waals surface area (Å²) in [6.07, 6.45) is 0. The first-order valence-electron chi connectivity index (χ1n) is 4.04. The summed E-state index contributed by atoms with van der Waals surface area (Å²) in [6.45, 7) is 0. The van der Waals surface area contributed by atoms with E-state index >= 15 is 0 Å². The molecule has 1 rings (SSSR count). The van der Waals surface area contributed by atoms with E-state index in [1.165, 1.54) is 0 Å². The van der Waals surface area contributed by atoms with Gasteiger partial charge in [-0.3, -0.25) is 14.7 Å². The number of nitrogens with one attached hydrogen (secondary N) is 1. The fraction of sp³-hybridized carbons (Fsp3) is 0. The maximum absolute atomic E-state index is 10.8. The van der Waals surface area contributed by atoms with Crippen LogP contribution in [0.15, 0.2) is 23.1 Å². The summed E-state index contributed by atoms with van der Waals surface area (Å²) in [6, 6.07) is 2.78. The predicted octanol–water partition coefficient (Wildman–Crippen LogP) is 0.497. The molecule has 0 aliphatic carbocycles. The molecule has 0 atom stereocenters. The zero-order valence-corrected chi connectivity index (χ0v) is 9.79. The quantitative estimate of drug-likeness (QED) is 0.314. The molecule has 1 aromatic rings. The van der Waals surface area contributed by atoms with Gasteiger partial charge in [-0.05, 0) is 24.4 Å². The summed E-state index contributed by atoms with van der Waals surface area (Å²) in [5.41, 5.74) is 4.53. The van der Waals surface area contributed by atoms with Gasteiger partial charge in [0.15, 0.2) is 5.11 Å². The maximum Gasteiger partial charge on any atom is 0.294 e. The fourth-order valence-electron chi connectivity index (χ4n) is 1.06. The highest BCUT2D eigenvalue weighted by molar-refractivity contribution is 7.85. The lowest BCUT2D eigenvalue weighted by Crippen LogP contribution is -2.19. The van der Waals surface area contributed by atoms with E-state index in [4.69, 9.17) is 10.3 Å². The number of benzene rings is 1. The van der Waals surface area contributed by atoms with E-state index < -0.39 is 25.6 Å². The maximum atomic E-state index is 10.8. The third kappa shape index (κ3) is 3.34. The smallest absolute Gasteiger partial charge is 0.294 e. The van der Waals surface area contributed by atoms with Gasteiger partial charge >= 0.3 is 0 Å².